The molecule has 2 heterocycles. The van der Waals surface area contributed by atoms with E-state index in [4.69, 9.17) is 11.6 Å². The van der Waals surface area contributed by atoms with Gasteiger partial charge in [-0.3, -0.25) is 4.79 Å². The lowest BCUT2D eigenvalue weighted by atomic mass is 9.71. The maximum Gasteiger partial charge on any atom is 0.250 e. The van der Waals surface area contributed by atoms with Gasteiger partial charge in [0.1, 0.15) is 0 Å². The first-order valence-corrected chi connectivity index (χ1v) is 10.2. The maximum atomic E-state index is 13.4. The molecule has 0 atom stereocenters. The first kappa shape index (κ1) is 18.1. The second-order valence-electron chi connectivity index (χ2n) is 9.20. The van der Waals surface area contributed by atoms with Gasteiger partial charge in [0.05, 0.1) is 0 Å². The molecule has 3 aliphatic rings. The first-order chi connectivity index (χ1) is 12.4. The summed E-state index contributed by atoms with van der Waals surface area (Å²) in [6.45, 7) is 8.67. The molecule has 1 aromatic carbocycles. The van der Waals surface area contributed by atoms with Gasteiger partial charge in [0.25, 0.3) is 0 Å². The quantitative estimate of drug-likeness (QED) is 0.828. The number of halogens is 1. The fourth-order valence-electron chi connectivity index (χ4n) is 4.66. The van der Waals surface area contributed by atoms with E-state index >= 15 is 0 Å². The largest absolute Gasteiger partial charge is 0.339 e. The molecule has 1 amide bonds. The maximum absolute atomic E-state index is 13.4. The van der Waals surface area contributed by atoms with Crippen LogP contribution >= 0.6 is 11.6 Å². The number of hydrogen-bond donors (Lipinski definition) is 1. The lowest BCUT2D eigenvalue weighted by Gasteiger charge is -2.48. The molecule has 1 aliphatic carbocycles. The van der Waals surface area contributed by atoms with Crippen molar-refractivity contribution in [1.82, 2.24) is 10.2 Å². The van der Waals surface area contributed by atoms with Gasteiger partial charge in [-0.15, -0.1) is 0 Å². The second kappa shape index (κ2) is 6.69. The molecule has 1 spiro atoms. The van der Waals surface area contributed by atoms with Gasteiger partial charge >= 0.3 is 0 Å². The molecule has 4 heteroatoms. The highest BCUT2D eigenvalue weighted by molar-refractivity contribution is 6.30. The average Bonchev–Trinajstić information content (AvgIpc) is 2.60. The van der Waals surface area contributed by atoms with E-state index in [2.05, 4.69) is 36.2 Å². The highest BCUT2D eigenvalue weighted by atomic mass is 35.5. The minimum Gasteiger partial charge on any atom is -0.339 e. The van der Waals surface area contributed by atoms with E-state index in [-0.39, 0.29) is 11.3 Å². The third-order valence-corrected chi connectivity index (χ3v) is 6.89. The molecule has 2 saturated heterocycles. The van der Waals surface area contributed by atoms with Crippen LogP contribution in [0.3, 0.4) is 0 Å². The van der Waals surface area contributed by atoms with Crippen LogP contribution in [0.5, 0.6) is 0 Å². The van der Waals surface area contributed by atoms with Crippen LogP contribution in [0.1, 0.15) is 51.5 Å². The Hall–Kier alpha value is -1.32. The van der Waals surface area contributed by atoms with Crippen molar-refractivity contribution in [3.05, 3.63) is 40.4 Å². The van der Waals surface area contributed by atoms with Gasteiger partial charge in [-0.25, -0.2) is 0 Å². The van der Waals surface area contributed by atoms with Gasteiger partial charge in [-0.05, 0) is 66.2 Å². The van der Waals surface area contributed by atoms with Crippen molar-refractivity contribution in [2.75, 3.05) is 26.2 Å². The zero-order valence-electron chi connectivity index (χ0n) is 15.9. The highest BCUT2D eigenvalue weighted by Crippen LogP contribution is 2.44. The van der Waals surface area contributed by atoms with E-state index in [0.29, 0.717) is 5.41 Å². The van der Waals surface area contributed by atoms with Crippen molar-refractivity contribution in [1.29, 1.82) is 0 Å². The molecule has 2 fully saturated rings. The normalized spacial score (nSPS) is 24.5. The van der Waals surface area contributed by atoms with Crippen molar-refractivity contribution in [2.24, 2.45) is 10.8 Å². The predicted octanol–water partition coefficient (Wildman–Crippen LogP) is 4.52. The summed E-state index contributed by atoms with van der Waals surface area (Å²) >= 11 is 6.08. The number of carbonyl (C=O) groups is 1. The van der Waals surface area contributed by atoms with Crippen LogP contribution in [0.15, 0.2) is 29.8 Å². The number of amides is 1. The summed E-state index contributed by atoms with van der Waals surface area (Å²) in [5.74, 6) is 0.271. The van der Waals surface area contributed by atoms with Crippen molar-refractivity contribution in [3.63, 3.8) is 0 Å². The molecule has 4 rings (SSSR count). The van der Waals surface area contributed by atoms with Crippen LogP contribution in [0.25, 0.3) is 5.57 Å². The topological polar surface area (TPSA) is 32.3 Å². The van der Waals surface area contributed by atoms with E-state index < -0.39 is 0 Å². The average molecular weight is 373 g/mol. The minimum absolute atomic E-state index is 0.238. The molecular weight excluding hydrogens is 344 g/mol. The van der Waals surface area contributed by atoms with Crippen LogP contribution in [-0.2, 0) is 4.79 Å². The standard InChI is InChI=1S/C22H29ClN2O/c1-21(2)8-7-18(19(13-21)16-3-5-17(23)6-4-16)20(26)25-11-9-22(10-12-25)14-24-15-22/h3-6,24H,7-15H2,1-2H3. The van der Waals surface area contributed by atoms with Gasteiger partial charge < -0.3 is 10.2 Å². The molecule has 0 aromatic heterocycles. The molecular formula is C22H29ClN2O. The molecule has 140 valence electrons. The first-order valence-electron chi connectivity index (χ1n) is 9.86. The van der Waals surface area contributed by atoms with Gasteiger partial charge in [-0.2, -0.15) is 0 Å². The lowest BCUT2D eigenvalue weighted by Crippen LogP contribution is -2.58. The van der Waals surface area contributed by atoms with Crippen LogP contribution < -0.4 is 5.32 Å². The summed E-state index contributed by atoms with van der Waals surface area (Å²) in [5, 5.41) is 4.14. The Labute approximate surface area is 161 Å². The summed E-state index contributed by atoms with van der Waals surface area (Å²) in [6, 6.07) is 8.00. The highest BCUT2D eigenvalue weighted by Gasteiger charge is 2.41. The predicted molar refractivity (Wildman–Crippen MR) is 107 cm³/mol. The summed E-state index contributed by atoms with van der Waals surface area (Å²) in [5.41, 5.74) is 4.13. The molecule has 3 nitrogen and oxygen atoms in total. The number of nitrogens with one attached hydrogen (secondary N) is 1. The van der Waals surface area contributed by atoms with E-state index in [1.165, 1.54) is 5.57 Å². The zero-order chi connectivity index (χ0) is 18.4. The molecule has 26 heavy (non-hydrogen) atoms. The molecule has 0 radical (unpaired) electrons. The third kappa shape index (κ3) is 3.44. The number of benzene rings is 1. The molecule has 0 saturated carbocycles. The van der Waals surface area contributed by atoms with Crippen LogP contribution in [0, 0.1) is 10.8 Å². The van der Waals surface area contributed by atoms with Gasteiger partial charge in [0.15, 0.2) is 0 Å². The molecule has 0 bridgehead atoms. The fourth-order valence-corrected chi connectivity index (χ4v) is 4.78. The summed E-state index contributed by atoms with van der Waals surface area (Å²) in [7, 11) is 0. The molecule has 1 N–H and O–H groups in total. The molecule has 2 aliphatic heterocycles. The second-order valence-corrected chi connectivity index (χ2v) is 9.64. The Kier molecular flexibility index (Phi) is 4.65. The van der Waals surface area contributed by atoms with Crippen molar-refractivity contribution in [2.45, 2.75) is 46.0 Å². The van der Waals surface area contributed by atoms with Crippen molar-refractivity contribution < 1.29 is 4.79 Å². The van der Waals surface area contributed by atoms with Gasteiger partial charge in [0, 0.05) is 36.8 Å². The van der Waals surface area contributed by atoms with Crippen molar-refractivity contribution >= 4 is 23.1 Å². The van der Waals surface area contributed by atoms with Gasteiger partial charge in [-0.1, -0.05) is 37.6 Å². The van der Waals surface area contributed by atoms with E-state index in [0.717, 1.165) is 74.4 Å². The Bertz CT molecular complexity index is 721. The number of rotatable bonds is 2. The number of nitrogens with zero attached hydrogens (tertiary/aromatic N) is 1. The number of allylic oxidation sites excluding steroid dienone is 1. The zero-order valence-corrected chi connectivity index (χ0v) is 16.7. The van der Waals surface area contributed by atoms with E-state index in [1.807, 2.05) is 12.1 Å². The Morgan fingerprint density at radius 3 is 2.31 bits per heavy atom. The van der Waals surface area contributed by atoms with E-state index in [1.54, 1.807) is 0 Å². The smallest absolute Gasteiger partial charge is 0.250 e. The SMILES string of the molecule is CC1(C)CCC(C(=O)N2CCC3(CC2)CNC3)=C(c2ccc(Cl)cc2)C1. The van der Waals surface area contributed by atoms with Gasteiger partial charge in [0.2, 0.25) is 5.91 Å². The van der Waals surface area contributed by atoms with E-state index in [9.17, 15) is 4.79 Å². The number of hydrogen-bond acceptors (Lipinski definition) is 2. The minimum atomic E-state index is 0.238. The van der Waals surface area contributed by atoms with Crippen LogP contribution in [-0.4, -0.2) is 37.0 Å². The Morgan fingerprint density at radius 1 is 1.08 bits per heavy atom. The third-order valence-electron chi connectivity index (χ3n) is 6.63. The Balaban J connectivity index is 1.60. The fraction of sp³-hybridized carbons (Fsp3) is 0.591. The van der Waals surface area contributed by atoms with Crippen molar-refractivity contribution in [3.8, 4) is 0 Å². The molecule has 0 unspecified atom stereocenters. The Morgan fingerprint density at radius 2 is 1.73 bits per heavy atom. The lowest BCUT2D eigenvalue weighted by molar-refractivity contribution is -0.130. The monoisotopic (exact) mass is 372 g/mol. The summed E-state index contributed by atoms with van der Waals surface area (Å²) < 4.78 is 0. The van der Waals surface area contributed by atoms with Crippen LogP contribution in [0.2, 0.25) is 5.02 Å². The number of piperidine rings is 1. The molecule has 1 aromatic rings. The van der Waals surface area contributed by atoms with Crippen LogP contribution in [0.4, 0.5) is 0 Å². The number of likely N-dealkylation sites (tertiary alicyclic amines) is 1. The summed E-state index contributed by atoms with van der Waals surface area (Å²) in [6.07, 6.45) is 5.19. The number of carbonyl (C=O) groups excluding carboxylic acids is 1. The summed E-state index contributed by atoms with van der Waals surface area (Å²) in [4.78, 5) is 15.5.